The molecule has 4 nitrogen and oxygen atoms in total. The molecule has 0 aliphatic heterocycles. The van der Waals surface area contributed by atoms with Gasteiger partial charge in [0.1, 0.15) is 0 Å². The predicted molar refractivity (Wildman–Crippen MR) is 81.5 cm³/mol. The van der Waals surface area contributed by atoms with Crippen LogP contribution in [0, 0.1) is 6.92 Å². The molecule has 2 aromatic carbocycles. The van der Waals surface area contributed by atoms with E-state index in [1.807, 2.05) is 0 Å². The Labute approximate surface area is 136 Å². The van der Waals surface area contributed by atoms with Gasteiger partial charge >= 0.3 is 12.1 Å². The molecule has 0 spiro atoms. The van der Waals surface area contributed by atoms with Gasteiger partial charge in [0, 0.05) is 5.69 Å². The van der Waals surface area contributed by atoms with Gasteiger partial charge in [0.15, 0.2) is 6.61 Å². The van der Waals surface area contributed by atoms with Gasteiger partial charge in [0.25, 0.3) is 5.91 Å². The Kier molecular flexibility index (Phi) is 5.23. The minimum Gasteiger partial charge on any atom is -0.452 e. The molecule has 0 saturated heterocycles. The van der Waals surface area contributed by atoms with Crippen molar-refractivity contribution in [1.29, 1.82) is 0 Å². The molecule has 0 aliphatic carbocycles. The molecule has 0 aromatic heterocycles. The zero-order valence-corrected chi connectivity index (χ0v) is 12.7. The Balaban J connectivity index is 1.90. The lowest BCUT2D eigenvalue weighted by Crippen LogP contribution is -2.21. The molecule has 0 atom stereocenters. The Morgan fingerprint density at radius 2 is 1.67 bits per heavy atom. The Bertz CT molecular complexity index is 739. The molecule has 126 valence electrons. The molecule has 2 rings (SSSR count). The van der Waals surface area contributed by atoms with Crippen LogP contribution in [0.2, 0.25) is 0 Å². The highest BCUT2D eigenvalue weighted by Gasteiger charge is 2.30. The number of halogens is 3. The molecule has 7 heteroatoms. The molecule has 1 N–H and O–H groups in total. The SMILES string of the molecule is Cc1ccccc1C(=O)OCC(=O)Nc1ccc(C(F)(F)F)cc1. The summed E-state index contributed by atoms with van der Waals surface area (Å²) >= 11 is 0. The lowest BCUT2D eigenvalue weighted by molar-refractivity contribution is -0.137. The first-order valence-corrected chi connectivity index (χ1v) is 6.97. The van der Waals surface area contributed by atoms with Crippen molar-refractivity contribution in [3.05, 3.63) is 65.2 Å². The van der Waals surface area contributed by atoms with E-state index in [-0.39, 0.29) is 5.69 Å². The van der Waals surface area contributed by atoms with Crippen LogP contribution in [0.4, 0.5) is 18.9 Å². The van der Waals surface area contributed by atoms with Crippen LogP contribution in [0.1, 0.15) is 21.5 Å². The number of hydrogen-bond acceptors (Lipinski definition) is 3. The van der Waals surface area contributed by atoms with Gasteiger partial charge in [-0.2, -0.15) is 13.2 Å². The number of rotatable bonds is 4. The fourth-order valence-corrected chi connectivity index (χ4v) is 1.95. The van der Waals surface area contributed by atoms with Crippen LogP contribution in [0.3, 0.4) is 0 Å². The summed E-state index contributed by atoms with van der Waals surface area (Å²) in [5, 5.41) is 2.36. The smallest absolute Gasteiger partial charge is 0.416 e. The number of carbonyl (C=O) groups is 2. The first kappa shape index (κ1) is 17.5. The van der Waals surface area contributed by atoms with Gasteiger partial charge in [-0.15, -0.1) is 0 Å². The summed E-state index contributed by atoms with van der Waals surface area (Å²) < 4.78 is 42.2. The summed E-state index contributed by atoms with van der Waals surface area (Å²) in [6.07, 6.45) is -4.44. The Hall–Kier alpha value is -2.83. The van der Waals surface area contributed by atoms with Gasteiger partial charge in [0.2, 0.25) is 0 Å². The van der Waals surface area contributed by atoms with E-state index in [2.05, 4.69) is 5.32 Å². The van der Waals surface area contributed by atoms with E-state index in [9.17, 15) is 22.8 Å². The zero-order chi connectivity index (χ0) is 17.7. The van der Waals surface area contributed by atoms with Gasteiger partial charge in [-0.05, 0) is 42.8 Å². The molecule has 0 bridgehead atoms. The van der Waals surface area contributed by atoms with Crippen molar-refractivity contribution in [3.63, 3.8) is 0 Å². The van der Waals surface area contributed by atoms with E-state index in [1.165, 1.54) is 0 Å². The molecular weight excluding hydrogens is 323 g/mol. The van der Waals surface area contributed by atoms with E-state index in [0.29, 0.717) is 11.1 Å². The van der Waals surface area contributed by atoms with E-state index >= 15 is 0 Å². The maximum absolute atomic E-state index is 12.4. The number of carbonyl (C=O) groups excluding carboxylic acids is 2. The third-order valence-electron chi connectivity index (χ3n) is 3.20. The Morgan fingerprint density at radius 3 is 2.25 bits per heavy atom. The van der Waals surface area contributed by atoms with Crippen LogP contribution in [0.5, 0.6) is 0 Å². The third-order valence-corrected chi connectivity index (χ3v) is 3.20. The molecule has 0 radical (unpaired) electrons. The van der Waals surface area contributed by atoms with E-state index in [4.69, 9.17) is 4.74 Å². The van der Waals surface area contributed by atoms with Crippen molar-refractivity contribution in [1.82, 2.24) is 0 Å². The number of benzene rings is 2. The van der Waals surface area contributed by atoms with Crippen molar-refractivity contribution < 1.29 is 27.5 Å². The summed E-state index contributed by atoms with van der Waals surface area (Å²) in [4.78, 5) is 23.6. The van der Waals surface area contributed by atoms with Crippen LogP contribution < -0.4 is 5.32 Å². The number of anilines is 1. The fourth-order valence-electron chi connectivity index (χ4n) is 1.95. The number of ether oxygens (including phenoxy) is 1. The van der Waals surface area contributed by atoms with Gasteiger partial charge in [0.05, 0.1) is 11.1 Å². The van der Waals surface area contributed by atoms with E-state index in [1.54, 1.807) is 31.2 Å². The minimum absolute atomic E-state index is 0.181. The van der Waals surface area contributed by atoms with Crippen molar-refractivity contribution in [3.8, 4) is 0 Å². The molecule has 2 aromatic rings. The maximum Gasteiger partial charge on any atom is 0.416 e. The predicted octanol–water partition coefficient (Wildman–Crippen LogP) is 3.81. The summed E-state index contributed by atoms with van der Waals surface area (Å²) in [5.41, 5.74) is 0.428. The van der Waals surface area contributed by atoms with Crippen LogP contribution in [0.15, 0.2) is 48.5 Å². The average molecular weight is 337 g/mol. The largest absolute Gasteiger partial charge is 0.452 e. The second-order valence-corrected chi connectivity index (χ2v) is 5.01. The van der Waals surface area contributed by atoms with Crippen molar-refractivity contribution in [2.24, 2.45) is 0 Å². The monoisotopic (exact) mass is 337 g/mol. The van der Waals surface area contributed by atoms with Crippen LogP contribution in [-0.4, -0.2) is 18.5 Å². The molecular formula is C17H14F3NO3. The highest BCUT2D eigenvalue weighted by Crippen LogP contribution is 2.29. The van der Waals surface area contributed by atoms with Crippen molar-refractivity contribution >= 4 is 17.6 Å². The average Bonchev–Trinajstić information content (AvgIpc) is 2.53. The lowest BCUT2D eigenvalue weighted by Gasteiger charge is -2.09. The molecule has 24 heavy (non-hydrogen) atoms. The van der Waals surface area contributed by atoms with Crippen LogP contribution in [-0.2, 0) is 15.7 Å². The summed E-state index contributed by atoms with van der Waals surface area (Å²) in [6.45, 7) is 1.20. The van der Waals surface area contributed by atoms with Crippen LogP contribution in [0.25, 0.3) is 0 Å². The molecule has 0 saturated carbocycles. The zero-order valence-electron chi connectivity index (χ0n) is 12.7. The molecule has 1 amide bonds. The molecule has 0 fully saturated rings. The van der Waals surface area contributed by atoms with Crippen LogP contribution >= 0.6 is 0 Å². The van der Waals surface area contributed by atoms with Gasteiger partial charge < -0.3 is 10.1 Å². The molecule has 0 heterocycles. The summed E-state index contributed by atoms with van der Waals surface area (Å²) in [6, 6.07) is 10.7. The number of aryl methyl sites for hydroxylation is 1. The highest BCUT2D eigenvalue weighted by atomic mass is 19.4. The standard InChI is InChI=1S/C17H14F3NO3/c1-11-4-2-3-5-14(11)16(23)24-10-15(22)21-13-8-6-12(7-9-13)17(18,19)20/h2-9H,10H2,1H3,(H,21,22). The maximum atomic E-state index is 12.4. The second-order valence-electron chi connectivity index (χ2n) is 5.01. The van der Waals surface area contributed by atoms with Gasteiger partial charge in [-0.25, -0.2) is 4.79 Å². The number of amides is 1. The second kappa shape index (κ2) is 7.16. The fraction of sp³-hybridized carbons (Fsp3) is 0.176. The quantitative estimate of drug-likeness (QED) is 0.863. The number of nitrogens with one attached hydrogen (secondary N) is 1. The first-order valence-electron chi connectivity index (χ1n) is 6.97. The number of alkyl halides is 3. The van der Waals surface area contributed by atoms with E-state index < -0.39 is 30.2 Å². The highest BCUT2D eigenvalue weighted by molar-refractivity contribution is 5.96. The van der Waals surface area contributed by atoms with Gasteiger partial charge in [-0.1, -0.05) is 18.2 Å². The summed E-state index contributed by atoms with van der Waals surface area (Å²) in [7, 11) is 0. The summed E-state index contributed by atoms with van der Waals surface area (Å²) in [5.74, 6) is -1.28. The minimum atomic E-state index is -4.44. The third kappa shape index (κ3) is 4.58. The molecule has 0 unspecified atom stereocenters. The normalized spacial score (nSPS) is 11.0. The topological polar surface area (TPSA) is 55.4 Å². The van der Waals surface area contributed by atoms with E-state index in [0.717, 1.165) is 24.3 Å². The lowest BCUT2D eigenvalue weighted by atomic mass is 10.1. The molecule has 0 aliphatic rings. The van der Waals surface area contributed by atoms with Gasteiger partial charge in [-0.3, -0.25) is 4.79 Å². The van der Waals surface area contributed by atoms with Crippen molar-refractivity contribution in [2.45, 2.75) is 13.1 Å². The van der Waals surface area contributed by atoms with Crippen molar-refractivity contribution in [2.75, 3.05) is 11.9 Å². The first-order chi connectivity index (χ1) is 11.3. The number of hydrogen-bond donors (Lipinski definition) is 1. The Morgan fingerprint density at radius 1 is 1.04 bits per heavy atom. The number of esters is 1.